The van der Waals surface area contributed by atoms with Crippen LogP contribution in [0.15, 0.2) is 6.33 Å². The van der Waals surface area contributed by atoms with E-state index in [1.54, 1.807) is 17.8 Å². The van der Waals surface area contributed by atoms with E-state index in [1.165, 1.54) is 11.4 Å². The van der Waals surface area contributed by atoms with E-state index < -0.39 is 22.0 Å². The van der Waals surface area contributed by atoms with Crippen LogP contribution in [0.2, 0.25) is 0 Å². The van der Waals surface area contributed by atoms with Gasteiger partial charge in [-0.3, -0.25) is 4.79 Å². The highest BCUT2D eigenvalue weighted by atomic mass is 32.2. The van der Waals surface area contributed by atoms with Crippen molar-refractivity contribution in [3.05, 3.63) is 17.7 Å². The lowest BCUT2D eigenvalue weighted by atomic mass is 10.1. The Morgan fingerprint density at radius 2 is 2.25 bits per heavy atom. The fourth-order valence-electron chi connectivity index (χ4n) is 2.42. The minimum absolute atomic E-state index is 0.0215. The van der Waals surface area contributed by atoms with Crippen LogP contribution in [0.4, 0.5) is 0 Å². The van der Waals surface area contributed by atoms with Gasteiger partial charge in [-0.05, 0) is 6.42 Å². The summed E-state index contributed by atoms with van der Waals surface area (Å²) in [5, 5.41) is 0. The third kappa shape index (κ3) is 2.57. The van der Waals surface area contributed by atoms with Gasteiger partial charge < -0.3 is 9.30 Å². The van der Waals surface area contributed by atoms with Crippen molar-refractivity contribution < 1.29 is 17.9 Å². The van der Waals surface area contributed by atoms with Crippen LogP contribution in [-0.4, -0.2) is 47.1 Å². The highest BCUT2D eigenvalue weighted by Gasteiger charge is 2.40. The summed E-state index contributed by atoms with van der Waals surface area (Å²) in [6.07, 6.45) is 2.39. The van der Waals surface area contributed by atoms with Gasteiger partial charge in [0.25, 0.3) is 0 Å². The zero-order valence-electron chi connectivity index (χ0n) is 11.9. The van der Waals surface area contributed by atoms with Crippen molar-refractivity contribution in [2.45, 2.75) is 32.4 Å². The van der Waals surface area contributed by atoms with Crippen molar-refractivity contribution in [2.75, 3.05) is 12.9 Å². The molecule has 1 atom stereocenters. The molecule has 1 aliphatic heterocycles. The van der Waals surface area contributed by atoms with Crippen LogP contribution in [0, 0.1) is 0 Å². The molecular weight excluding hydrogens is 282 g/mol. The molecule has 0 N–H and O–H groups in total. The Bertz CT molecular complexity index is 608. The molecule has 0 radical (unpaired) electrons. The average Bonchev–Trinajstić information content (AvgIpc) is 2.77. The molecule has 7 nitrogen and oxygen atoms in total. The van der Waals surface area contributed by atoms with Crippen molar-refractivity contribution in [2.24, 2.45) is 7.05 Å². The molecule has 0 bridgehead atoms. The quantitative estimate of drug-likeness (QED) is 0.735. The summed E-state index contributed by atoms with van der Waals surface area (Å²) in [6, 6.07) is -0.820. The van der Waals surface area contributed by atoms with E-state index in [9.17, 15) is 13.2 Å². The molecule has 2 rings (SSSR count). The normalized spacial score (nSPS) is 19.6. The number of carbonyl (C=O) groups is 1. The van der Waals surface area contributed by atoms with E-state index in [-0.39, 0.29) is 18.7 Å². The Labute approximate surface area is 118 Å². The van der Waals surface area contributed by atoms with Gasteiger partial charge in [0, 0.05) is 13.5 Å². The summed E-state index contributed by atoms with van der Waals surface area (Å²) < 4.78 is 32.5. The monoisotopic (exact) mass is 301 g/mol. The zero-order chi connectivity index (χ0) is 14.9. The molecule has 0 fully saturated rings. The van der Waals surface area contributed by atoms with Crippen molar-refractivity contribution >= 4 is 16.0 Å². The smallest absolute Gasteiger partial charge is 0.324 e. The number of nitrogens with zero attached hydrogens (tertiary/aromatic N) is 3. The molecule has 0 saturated heterocycles. The fraction of sp³-hybridized carbons (Fsp3) is 0.667. The van der Waals surface area contributed by atoms with Crippen molar-refractivity contribution in [3.63, 3.8) is 0 Å². The van der Waals surface area contributed by atoms with Gasteiger partial charge in [-0.15, -0.1) is 0 Å². The van der Waals surface area contributed by atoms with Gasteiger partial charge in [0.15, 0.2) is 0 Å². The lowest BCUT2D eigenvalue weighted by Crippen LogP contribution is -2.50. The second-order valence-corrected chi connectivity index (χ2v) is 6.89. The van der Waals surface area contributed by atoms with Gasteiger partial charge in [0.05, 0.1) is 37.1 Å². The predicted molar refractivity (Wildman–Crippen MR) is 72.3 cm³/mol. The number of sulfonamides is 1. The molecule has 8 heteroatoms. The molecule has 112 valence electrons. The number of ether oxygens (including phenoxy) is 1. The molecule has 0 amide bonds. The Morgan fingerprint density at radius 1 is 1.55 bits per heavy atom. The van der Waals surface area contributed by atoms with E-state index in [0.29, 0.717) is 6.42 Å². The van der Waals surface area contributed by atoms with Gasteiger partial charge in [0.2, 0.25) is 10.0 Å². The van der Waals surface area contributed by atoms with E-state index in [0.717, 1.165) is 11.4 Å². The minimum atomic E-state index is -3.48. The molecule has 0 aliphatic carbocycles. The first kappa shape index (κ1) is 15.0. The Morgan fingerprint density at radius 3 is 2.85 bits per heavy atom. The van der Waals surface area contributed by atoms with Crippen LogP contribution in [0.5, 0.6) is 0 Å². The second kappa shape index (κ2) is 5.53. The van der Waals surface area contributed by atoms with Crippen LogP contribution in [0.3, 0.4) is 0 Å². The Hall–Kier alpha value is -1.41. The number of hydrogen-bond donors (Lipinski definition) is 0. The maximum absolute atomic E-state index is 12.3. The number of esters is 1. The molecule has 0 aromatic carbocycles. The van der Waals surface area contributed by atoms with E-state index in [1.807, 2.05) is 7.05 Å². The van der Waals surface area contributed by atoms with Crippen molar-refractivity contribution in [1.29, 1.82) is 0 Å². The largest absolute Gasteiger partial charge is 0.468 e. The summed E-state index contributed by atoms with van der Waals surface area (Å²) in [5.74, 6) is -0.519. The van der Waals surface area contributed by atoms with Crippen molar-refractivity contribution in [1.82, 2.24) is 13.9 Å². The highest BCUT2D eigenvalue weighted by molar-refractivity contribution is 7.89. The van der Waals surface area contributed by atoms with Gasteiger partial charge >= 0.3 is 5.97 Å². The second-order valence-electron chi connectivity index (χ2n) is 4.85. The van der Waals surface area contributed by atoms with Crippen LogP contribution < -0.4 is 0 Å². The number of methoxy groups -OCH3 is 1. The molecule has 0 unspecified atom stereocenters. The number of hydrogen-bond acceptors (Lipinski definition) is 5. The first-order valence-corrected chi connectivity index (χ1v) is 8.08. The van der Waals surface area contributed by atoms with E-state index in [2.05, 4.69) is 4.98 Å². The average molecular weight is 301 g/mol. The third-order valence-corrected chi connectivity index (χ3v) is 5.50. The fourth-order valence-corrected chi connectivity index (χ4v) is 4.04. The topological polar surface area (TPSA) is 81.5 Å². The number of aryl methyl sites for hydroxylation is 1. The first-order chi connectivity index (χ1) is 9.40. The SMILES string of the molecule is CCCS(=O)(=O)N1Cc2c(ncn2C)C[C@H]1C(=O)OC. The molecular formula is C12H19N3O4S. The number of fused-ring (bicyclic) bond motifs is 1. The minimum Gasteiger partial charge on any atom is -0.468 e. The van der Waals surface area contributed by atoms with Gasteiger partial charge in [-0.25, -0.2) is 13.4 Å². The third-order valence-electron chi connectivity index (χ3n) is 3.48. The number of aromatic nitrogens is 2. The summed E-state index contributed by atoms with van der Waals surface area (Å²) in [6.45, 7) is 1.96. The lowest BCUT2D eigenvalue weighted by molar-refractivity contribution is -0.145. The lowest BCUT2D eigenvalue weighted by Gasteiger charge is -2.32. The number of imidazole rings is 1. The molecule has 0 spiro atoms. The number of rotatable bonds is 4. The molecule has 0 saturated carbocycles. The molecule has 1 aromatic rings. The van der Waals surface area contributed by atoms with Crippen LogP contribution in [-0.2, 0) is 39.6 Å². The maximum Gasteiger partial charge on any atom is 0.324 e. The summed E-state index contributed by atoms with van der Waals surface area (Å²) in [4.78, 5) is 16.1. The summed E-state index contributed by atoms with van der Waals surface area (Å²) in [5.41, 5.74) is 1.58. The van der Waals surface area contributed by atoms with Crippen molar-refractivity contribution in [3.8, 4) is 0 Å². The van der Waals surface area contributed by atoms with Crippen LogP contribution >= 0.6 is 0 Å². The van der Waals surface area contributed by atoms with Gasteiger partial charge in [-0.2, -0.15) is 4.31 Å². The van der Waals surface area contributed by atoms with E-state index in [4.69, 9.17) is 4.74 Å². The van der Waals surface area contributed by atoms with Gasteiger partial charge in [0.1, 0.15) is 6.04 Å². The molecule has 1 aromatic heterocycles. The first-order valence-electron chi connectivity index (χ1n) is 6.47. The standard InChI is InChI=1S/C12H19N3O4S/c1-4-5-20(17,18)15-7-11-9(13-8-14(11)2)6-10(15)12(16)19-3/h8,10H,4-7H2,1-3H3/t10-/m0/s1. The summed E-state index contributed by atoms with van der Waals surface area (Å²) in [7, 11) is -0.404. The highest BCUT2D eigenvalue weighted by Crippen LogP contribution is 2.26. The zero-order valence-corrected chi connectivity index (χ0v) is 12.7. The molecule has 2 heterocycles. The Balaban J connectivity index is 2.41. The Kier molecular flexibility index (Phi) is 4.14. The van der Waals surface area contributed by atoms with Crippen LogP contribution in [0.25, 0.3) is 0 Å². The number of carbonyl (C=O) groups excluding carboxylic acids is 1. The maximum atomic E-state index is 12.3. The molecule has 1 aliphatic rings. The summed E-state index contributed by atoms with van der Waals surface area (Å²) >= 11 is 0. The predicted octanol–water partition coefficient (Wildman–Crippen LogP) is 0.0596. The molecule has 20 heavy (non-hydrogen) atoms. The van der Waals surface area contributed by atoms with E-state index >= 15 is 0 Å². The van der Waals surface area contributed by atoms with Gasteiger partial charge in [-0.1, -0.05) is 6.92 Å². The van der Waals surface area contributed by atoms with Crippen LogP contribution in [0.1, 0.15) is 24.7 Å².